The number of rotatable bonds is 3. The molecule has 17 heavy (non-hydrogen) atoms. The fourth-order valence-corrected chi connectivity index (χ4v) is 2.26. The van der Waals surface area contributed by atoms with Gasteiger partial charge in [-0.25, -0.2) is 0 Å². The van der Waals surface area contributed by atoms with E-state index in [1.54, 1.807) is 0 Å². The summed E-state index contributed by atoms with van der Waals surface area (Å²) in [5, 5.41) is 0. The summed E-state index contributed by atoms with van der Waals surface area (Å²) in [5.41, 5.74) is 5.94. The molecule has 1 aliphatic rings. The summed E-state index contributed by atoms with van der Waals surface area (Å²) < 4.78 is 0. The molecule has 4 heteroatoms. The Hall–Kier alpha value is -0.610. The predicted octanol–water partition coefficient (Wildman–Crippen LogP) is 0.911. The van der Waals surface area contributed by atoms with Gasteiger partial charge in [-0.15, -0.1) is 0 Å². The van der Waals surface area contributed by atoms with Gasteiger partial charge < -0.3 is 10.6 Å². The average molecular weight is 241 g/mol. The Morgan fingerprint density at radius 3 is 2.24 bits per heavy atom. The van der Waals surface area contributed by atoms with Crippen molar-refractivity contribution in [3.63, 3.8) is 0 Å². The van der Waals surface area contributed by atoms with Crippen molar-refractivity contribution >= 4 is 5.91 Å². The second-order valence-corrected chi connectivity index (χ2v) is 5.74. The first-order valence-corrected chi connectivity index (χ1v) is 6.64. The fourth-order valence-electron chi connectivity index (χ4n) is 2.26. The van der Waals surface area contributed by atoms with Crippen LogP contribution < -0.4 is 5.73 Å². The van der Waals surface area contributed by atoms with Gasteiger partial charge >= 0.3 is 0 Å². The van der Waals surface area contributed by atoms with Gasteiger partial charge in [0.25, 0.3) is 0 Å². The Balaban J connectivity index is 2.60. The molecule has 1 aliphatic heterocycles. The fraction of sp³-hybridized carbons (Fsp3) is 0.923. The van der Waals surface area contributed by atoms with E-state index in [4.69, 9.17) is 5.73 Å². The molecule has 0 spiro atoms. The van der Waals surface area contributed by atoms with Crippen LogP contribution in [0.4, 0.5) is 0 Å². The zero-order chi connectivity index (χ0) is 13.2. The summed E-state index contributed by atoms with van der Waals surface area (Å²) in [6.07, 6.45) is 0. The van der Waals surface area contributed by atoms with Crippen molar-refractivity contribution in [1.29, 1.82) is 0 Å². The highest BCUT2D eigenvalue weighted by Gasteiger charge is 2.31. The minimum absolute atomic E-state index is 0.107. The van der Waals surface area contributed by atoms with E-state index in [9.17, 15) is 4.79 Å². The molecule has 0 radical (unpaired) electrons. The summed E-state index contributed by atoms with van der Waals surface area (Å²) in [5.74, 6) is 0.314. The van der Waals surface area contributed by atoms with E-state index >= 15 is 0 Å². The molecule has 100 valence electrons. The van der Waals surface area contributed by atoms with Crippen LogP contribution in [0.25, 0.3) is 0 Å². The molecule has 0 aromatic carbocycles. The number of nitrogens with two attached hydrogens (primary N) is 1. The van der Waals surface area contributed by atoms with Crippen LogP contribution in [0.2, 0.25) is 0 Å². The van der Waals surface area contributed by atoms with Crippen LogP contribution in [0.1, 0.15) is 34.6 Å². The molecule has 1 fully saturated rings. The minimum Gasteiger partial charge on any atom is -0.336 e. The Bertz CT molecular complexity index is 265. The first-order valence-electron chi connectivity index (χ1n) is 6.64. The number of carbonyl (C=O) groups is 1. The van der Waals surface area contributed by atoms with Crippen molar-refractivity contribution in [3.05, 3.63) is 0 Å². The number of piperazine rings is 1. The van der Waals surface area contributed by atoms with Crippen LogP contribution in [0, 0.1) is 5.92 Å². The first kappa shape index (κ1) is 14.5. The largest absolute Gasteiger partial charge is 0.336 e. The predicted molar refractivity (Wildman–Crippen MR) is 70.7 cm³/mol. The molecule has 1 rings (SSSR count). The zero-order valence-electron chi connectivity index (χ0n) is 11.8. The molecular weight excluding hydrogens is 214 g/mol. The van der Waals surface area contributed by atoms with Gasteiger partial charge in [-0.3, -0.25) is 9.69 Å². The molecule has 0 aliphatic carbocycles. The molecular formula is C13H27N3O. The van der Waals surface area contributed by atoms with Crippen molar-refractivity contribution in [3.8, 4) is 0 Å². The Labute approximate surface area is 105 Å². The van der Waals surface area contributed by atoms with E-state index in [0.29, 0.717) is 6.04 Å². The molecule has 2 N–H and O–H groups in total. The van der Waals surface area contributed by atoms with Crippen LogP contribution in [0.15, 0.2) is 0 Å². The second-order valence-electron chi connectivity index (χ2n) is 5.74. The average Bonchev–Trinajstić information content (AvgIpc) is 2.26. The van der Waals surface area contributed by atoms with Gasteiger partial charge in [-0.05, 0) is 26.7 Å². The standard InChI is InChI=1S/C13H27N3O/c1-9(2)12(14)13(17)16-7-6-15(10(3)4)8-11(16)5/h9-12H,6-8,14H2,1-5H3/t11-,12-/m0/s1. The van der Waals surface area contributed by atoms with Crippen molar-refractivity contribution < 1.29 is 4.79 Å². The number of hydrogen-bond donors (Lipinski definition) is 1. The monoisotopic (exact) mass is 241 g/mol. The molecule has 4 nitrogen and oxygen atoms in total. The normalized spacial score (nSPS) is 24.5. The summed E-state index contributed by atoms with van der Waals surface area (Å²) in [4.78, 5) is 16.6. The quantitative estimate of drug-likeness (QED) is 0.799. The van der Waals surface area contributed by atoms with E-state index in [-0.39, 0.29) is 23.9 Å². The number of carbonyl (C=O) groups excluding carboxylic acids is 1. The maximum atomic E-state index is 12.2. The molecule has 2 atom stereocenters. The van der Waals surface area contributed by atoms with Crippen molar-refractivity contribution in [2.24, 2.45) is 11.7 Å². The molecule has 0 aromatic rings. The Kier molecular flexibility index (Phi) is 4.95. The van der Waals surface area contributed by atoms with E-state index in [0.717, 1.165) is 19.6 Å². The Morgan fingerprint density at radius 1 is 1.24 bits per heavy atom. The number of hydrogen-bond acceptors (Lipinski definition) is 3. The van der Waals surface area contributed by atoms with Crippen molar-refractivity contribution in [2.45, 2.75) is 52.7 Å². The van der Waals surface area contributed by atoms with Gasteiger partial charge in [-0.1, -0.05) is 13.8 Å². The highest BCUT2D eigenvalue weighted by molar-refractivity contribution is 5.82. The summed E-state index contributed by atoms with van der Waals surface area (Å²) in [6, 6.07) is 0.458. The Morgan fingerprint density at radius 2 is 1.82 bits per heavy atom. The third kappa shape index (κ3) is 3.42. The lowest BCUT2D eigenvalue weighted by Crippen LogP contribution is -2.59. The van der Waals surface area contributed by atoms with Crippen LogP contribution in [-0.2, 0) is 4.79 Å². The van der Waals surface area contributed by atoms with Gasteiger partial charge in [0, 0.05) is 31.7 Å². The first-order chi connectivity index (χ1) is 7.84. The van der Waals surface area contributed by atoms with Gasteiger partial charge in [0.05, 0.1) is 6.04 Å². The van der Waals surface area contributed by atoms with Crippen molar-refractivity contribution in [1.82, 2.24) is 9.80 Å². The number of nitrogens with zero attached hydrogens (tertiary/aromatic N) is 2. The van der Waals surface area contributed by atoms with Crippen LogP contribution in [0.5, 0.6) is 0 Å². The van der Waals surface area contributed by atoms with Gasteiger partial charge in [0.2, 0.25) is 5.91 Å². The van der Waals surface area contributed by atoms with E-state index in [1.807, 2.05) is 18.7 Å². The third-order valence-corrected chi connectivity index (χ3v) is 3.68. The zero-order valence-corrected chi connectivity index (χ0v) is 11.8. The van der Waals surface area contributed by atoms with E-state index < -0.39 is 0 Å². The number of amides is 1. The summed E-state index contributed by atoms with van der Waals surface area (Å²) in [6.45, 7) is 13.2. The lowest BCUT2D eigenvalue weighted by Gasteiger charge is -2.42. The highest BCUT2D eigenvalue weighted by atomic mass is 16.2. The van der Waals surface area contributed by atoms with Crippen LogP contribution in [0.3, 0.4) is 0 Å². The van der Waals surface area contributed by atoms with Crippen LogP contribution in [-0.4, -0.2) is 53.5 Å². The van der Waals surface area contributed by atoms with Gasteiger partial charge in [0.15, 0.2) is 0 Å². The summed E-state index contributed by atoms with van der Waals surface area (Å²) >= 11 is 0. The molecule has 0 aromatic heterocycles. The molecule has 0 bridgehead atoms. The maximum Gasteiger partial charge on any atom is 0.240 e. The third-order valence-electron chi connectivity index (χ3n) is 3.68. The smallest absolute Gasteiger partial charge is 0.240 e. The van der Waals surface area contributed by atoms with E-state index in [2.05, 4.69) is 25.7 Å². The van der Waals surface area contributed by atoms with E-state index in [1.165, 1.54) is 0 Å². The summed E-state index contributed by atoms with van der Waals surface area (Å²) in [7, 11) is 0. The second kappa shape index (κ2) is 5.83. The van der Waals surface area contributed by atoms with Gasteiger partial charge in [-0.2, -0.15) is 0 Å². The molecule has 1 saturated heterocycles. The molecule has 0 saturated carbocycles. The topological polar surface area (TPSA) is 49.6 Å². The SMILES string of the molecule is CC(C)[C@H](N)C(=O)N1CCN(C(C)C)C[C@@H]1C. The van der Waals surface area contributed by atoms with Gasteiger partial charge in [0.1, 0.15) is 0 Å². The minimum atomic E-state index is -0.358. The molecule has 0 unspecified atom stereocenters. The lowest BCUT2D eigenvalue weighted by molar-refractivity contribution is -0.138. The van der Waals surface area contributed by atoms with Crippen molar-refractivity contribution in [2.75, 3.05) is 19.6 Å². The molecule has 1 heterocycles. The van der Waals surface area contributed by atoms with Crippen LogP contribution >= 0.6 is 0 Å². The lowest BCUT2D eigenvalue weighted by atomic mass is 10.0. The maximum absolute atomic E-state index is 12.2. The highest BCUT2D eigenvalue weighted by Crippen LogP contribution is 2.14. The molecule has 1 amide bonds.